The van der Waals surface area contributed by atoms with E-state index in [0.717, 1.165) is 32.5 Å². The van der Waals surface area contributed by atoms with E-state index in [9.17, 15) is 0 Å². The smallest absolute Gasteiger partial charge is 0.0760 e. The minimum Gasteiger partial charge on any atom is -0.367 e. The quantitative estimate of drug-likeness (QED) is 0.822. The first-order valence-corrected chi connectivity index (χ1v) is 6.83. The molecule has 0 aromatic heterocycles. The lowest BCUT2D eigenvalue weighted by Crippen LogP contribution is -2.61. The second-order valence-corrected chi connectivity index (χ2v) is 6.84. The average molecular weight is 242 g/mol. The molecule has 0 aromatic carbocycles. The molecule has 17 heavy (non-hydrogen) atoms. The molecule has 0 amide bonds. The molecule has 0 bridgehead atoms. The molecule has 0 saturated carbocycles. The van der Waals surface area contributed by atoms with Crippen LogP contribution in [0.4, 0.5) is 0 Å². The number of hydrogen-bond donors (Lipinski definition) is 1. The summed E-state index contributed by atoms with van der Waals surface area (Å²) < 4.78 is 6.09. The number of ether oxygens (including phenoxy) is 1. The van der Waals surface area contributed by atoms with Crippen molar-refractivity contribution in [3.05, 3.63) is 0 Å². The molecule has 1 aliphatic heterocycles. The number of nitrogens with zero attached hydrogens (tertiary/aromatic N) is 1. The predicted molar refractivity (Wildman–Crippen MR) is 73.2 cm³/mol. The number of rotatable bonds is 4. The molecular weight excluding hydrogens is 212 g/mol. The van der Waals surface area contributed by atoms with Crippen LogP contribution in [0, 0.1) is 0 Å². The van der Waals surface area contributed by atoms with Gasteiger partial charge in [-0.1, -0.05) is 13.8 Å². The van der Waals surface area contributed by atoms with Crippen LogP contribution in [-0.4, -0.2) is 41.3 Å². The third kappa shape index (κ3) is 4.23. The molecule has 102 valence electrons. The van der Waals surface area contributed by atoms with Crippen molar-refractivity contribution in [2.45, 2.75) is 71.1 Å². The molecule has 1 rings (SSSR count). The summed E-state index contributed by atoms with van der Waals surface area (Å²) in [6.07, 6.45) is 2.06. The van der Waals surface area contributed by atoms with Crippen LogP contribution >= 0.6 is 0 Å². The number of morpholine rings is 1. The van der Waals surface area contributed by atoms with Crippen LogP contribution in [0.25, 0.3) is 0 Å². The van der Waals surface area contributed by atoms with Gasteiger partial charge < -0.3 is 10.5 Å². The Bertz CT molecular complexity index is 241. The maximum absolute atomic E-state index is 6.42. The fourth-order valence-corrected chi connectivity index (χ4v) is 2.98. The summed E-state index contributed by atoms with van der Waals surface area (Å²) in [5, 5.41) is 0. The molecule has 2 N–H and O–H groups in total. The lowest BCUT2D eigenvalue weighted by Gasteiger charge is -2.49. The van der Waals surface area contributed by atoms with Crippen molar-refractivity contribution in [2.75, 3.05) is 19.6 Å². The first-order valence-electron chi connectivity index (χ1n) is 6.83. The van der Waals surface area contributed by atoms with Gasteiger partial charge >= 0.3 is 0 Å². The first kappa shape index (κ1) is 14.9. The Kier molecular flexibility index (Phi) is 4.28. The molecule has 0 aliphatic carbocycles. The largest absolute Gasteiger partial charge is 0.367 e. The van der Waals surface area contributed by atoms with Crippen LogP contribution in [0.1, 0.15) is 54.4 Å². The lowest BCUT2D eigenvalue weighted by atomic mass is 9.91. The summed E-state index contributed by atoms with van der Waals surface area (Å²) in [7, 11) is 0. The molecule has 0 aromatic rings. The van der Waals surface area contributed by atoms with Crippen LogP contribution in [0.3, 0.4) is 0 Å². The predicted octanol–water partition coefficient (Wildman–Crippen LogP) is 2.39. The van der Waals surface area contributed by atoms with Crippen molar-refractivity contribution in [1.82, 2.24) is 4.90 Å². The summed E-state index contributed by atoms with van der Waals surface area (Å²) in [5.74, 6) is 0. The minimum absolute atomic E-state index is 0.0521. The highest BCUT2D eigenvalue weighted by Gasteiger charge is 2.39. The summed E-state index contributed by atoms with van der Waals surface area (Å²) in [6, 6.07) is 0. The molecule has 1 aliphatic rings. The van der Waals surface area contributed by atoms with Crippen LogP contribution in [0.5, 0.6) is 0 Å². The third-order valence-corrected chi connectivity index (χ3v) is 3.71. The standard InChI is InChI=1S/C14H30N2O/c1-7-14(15,8-2)11-16-9-12(3,4)17-13(5,6)10-16/h7-11,15H2,1-6H3. The van der Waals surface area contributed by atoms with Gasteiger partial charge in [0.05, 0.1) is 11.2 Å². The molecule has 3 heteroatoms. The highest BCUT2D eigenvalue weighted by atomic mass is 16.5. The Balaban J connectivity index is 2.71. The highest BCUT2D eigenvalue weighted by Crippen LogP contribution is 2.29. The van der Waals surface area contributed by atoms with Gasteiger partial charge in [-0.25, -0.2) is 0 Å². The van der Waals surface area contributed by atoms with Crippen LogP contribution < -0.4 is 5.73 Å². The monoisotopic (exact) mass is 242 g/mol. The van der Waals surface area contributed by atoms with Crippen molar-refractivity contribution < 1.29 is 4.74 Å². The van der Waals surface area contributed by atoms with Gasteiger partial charge in [0, 0.05) is 25.2 Å². The number of hydrogen-bond acceptors (Lipinski definition) is 3. The Morgan fingerprint density at radius 3 is 1.82 bits per heavy atom. The van der Waals surface area contributed by atoms with Gasteiger partial charge in [0.2, 0.25) is 0 Å². The summed E-state index contributed by atoms with van der Waals surface area (Å²) in [6.45, 7) is 15.9. The van der Waals surface area contributed by atoms with Gasteiger partial charge in [-0.2, -0.15) is 0 Å². The van der Waals surface area contributed by atoms with Gasteiger partial charge in [-0.05, 0) is 40.5 Å². The average Bonchev–Trinajstić information content (AvgIpc) is 2.12. The van der Waals surface area contributed by atoms with E-state index in [1.54, 1.807) is 0 Å². The van der Waals surface area contributed by atoms with Crippen molar-refractivity contribution >= 4 is 0 Å². The van der Waals surface area contributed by atoms with E-state index in [-0.39, 0.29) is 16.7 Å². The molecule has 0 unspecified atom stereocenters. The van der Waals surface area contributed by atoms with Gasteiger partial charge in [0.1, 0.15) is 0 Å². The second-order valence-electron chi connectivity index (χ2n) is 6.84. The summed E-state index contributed by atoms with van der Waals surface area (Å²) >= 11 is 0. The fourth-order valence-electron chi connectivity index (χ4n) is 2.98. The Morgan fingerprint density at radius 2 is 1.47 bits per heavy atom. The number of nitrogens with two attached hydrogens (primary N) is 1. The van der Waals surface area contributed by atoms with Crippen LogP contribution in [0.15, 0.2) is 0 Å². The van der Waals surface area contributed by atoms with E-state index in [1.165, 1.54) is 0 Å². The first-order chi connectivity index (χ1) is 7.61. The topological polar surface area (TPSA) is 38.5 Å². The summed E-state index contributed by atoms with van der Waals surface area (Å²) in [4.78, 5) is 2.47. The van der Waals surface area contributed by atoms with Gasteiger partial charge in [-0.15, -0.1) is 0 Å². The maximum atomic E-state index is 6.42. The second kappa shape index (κ2) is 4.87. The van der Waals surface area contributed by atoms with E-state index >= 15 is 0 Å². The highest BCUT2D eigenvalue weighted by molar-refractivity contribution is 4.93. The Morgan fingerprint density at radius 1 is 1.06 bits per heavy atom. The zero-order valence-electron chi connectivity index (χ0n) is 12.5. The third-order valence-electron chi connectivity index (χ3n) is 3.71. The Labute approximate surface area is 107 Å². The normalized spacial score (nSPS) is 24.9. The summed E-state index contributed by atoms with van der Waals surface area (Å²) in [5.41, 5.74) is 6.21. The van der Waals surface area contributed by atoms with Gasteiger partial charge in [0.25, 0.3) is 0 Å². The van der Waals surface area contributed by atoms with Crippen LogP contribution in [-0.2, 0) is 4.74 Å². The zero-order valence-corrected chi connectivity index (χ0v) is 12.5. The fraction of sp³-hybridized carbons (Fsp3) is 1.00. The maximum Gasteiger partial charge on any atom is 0.0760 e. The molecule has 1 saturated heterocycles. The van der Waals surface area contributed by atoms with E-state index in [1.807, 2.05) is 0 Å². The van der Waals surface area contributed by atoms with Gasteiger partial charge in [0.15, 0.2) is 0 Å². The molecule has 0 atom stereocenters. The SMILES string of the molecule is CCC(N)(CC)CN1CC(C)(C)OC(C)(C)C1. The Hall–Kier alpha value is -0.120. The van der Waals surface area contributed by atoms with Crippen molar-refractivity contribution in [3.8, 4) is 0 Å². The molecule has 3 nitrogen and oxygen atoms in total. The lowest BCUT2D eigenvalue weighted by molar-refractivity contribution is -0.182. The molecule has 1 heterocycles. The molecule has 0 radical (unpaired) electrons. The minimum atomic E-state index is -0.0792. The van der Waals surface area contributed by atoms with Crippen LogP contribution in [0.2, 0.25) is 0 Å². The van der Waals surface area contributed by atoms with Gasteiger partial charge in [-0.3, -0.25) is 4.90 Å². The van der Waals surface area contributed by atoms with E-state index in [2.05, 4.69) is 46.4 Å². The van der Waals surface area contributed by atoms with E-state index in [4.69, 9.17) is 10.5 Å². The van der Waals surface area contributed by atoms with E-state index < -0.39 is 0 Å². The molecule has 1 fully saturated rings. The molecular formula is C14H30N2O. The van der Waals surface area contributed by atoms with Crippen molar-refractivity contribution in [2.24, 2.45) is 5.73 Å². The zero-order chi connectivity index (χ0) is 13.3. The van der Waals surface area contributed by atoms with Crippen molar-refractivity contribution in [3.63, 3.8) is 0 Å². The van der Waals surface area contributed by atoms with E-state index in [0.29, 0.717) is 0 Å². The molecule has 0 spiro atoms. The van der Waals surface area contributed by atoms with Crippen molar-refractivity contribution in [1.29, 1.82) is 0 Å².